The van der Waals surface area contributed by atoms with Crippen LogP contribution in [0.5, 0.6) is 0 Å². The molecule has 0 aliphatic carbocycles. The van der Waals surface area contributed by atoms with E-state index in [1.165, 1.54) is 0 Å². The van der Waals surface area contributed by atoms with Crippen molar-refractivity contribution in [3.8, 4) is 0 Å². The first-order valence-electron chi connectivity index (χ1n) is 4.83. The van der Waals surface area contributed by atoms with Crippen LogP contribution in [0.2, 0.25) is 0 Å². The number of hydrogen-bond donors (Lipinski definition) is 2. The molecule has 0 saturated carbocycles. The van der Waals surface area contributed by atoms with Crippen LogP contribution >= 0.6 is 0 Å². The summed E-state index contributed by atoms with van der Waals surface area (Å²) in [6.07, 6.45) is 1.85. The lowest BCUT2D eigenvalue weighted by Crippen LogP contribution is -2.30. The fourth-order valence-corrected chi connectivity index (χ4v) is 1.49. The molecule has 2 unspecified atom stereocenters. The van der Waals surface area contributed by atoms with Gasteiger partial charge in [-0.1, -0.05) is 13.3 Å². The molecule has 0 aromatic carbocycles. The second kappa shape index (κ2) is 5.19. The molecule has 1 fully saturated rings. The van der Waals surface area contributed by atoms with Crippen molar-refractivity contribution in [2.24, 2.45) is 0 Å². The first-order chi connectivity index (χ1) is 6.24. The summed E-state index contributed by atoms with van der Waals surface area (Å²) in [5, 5.41) is 12.0. The SMILES string of the molecule is CCCC(OC1CCNC1)C(=O)O. The lowest BCUT2D eigenvalue weighted by Gasteiger charge is -2.17. The molecule has 2 atom stereocenters. The number of carboxylic acid groups (broad SMARTS) is 1. The van der Waals surface area contributed by atoms with E-state index < -0.39 is 12.1 Å². The number of ether oxygens (including phenoxy) is 1. The van der Waals surface area contributed by atoms with E-state index >= 15 is 0 Å². The Morgan fingerprint density at radius 3 is 3.00 bits per heavy atom. The van der Waals surface area contributed by atoms with Gasteiger partial charge in [0.2, 0.25) is 0 Å². The molecule has 0 aromatic rings. The molecule has 1 saturated heterocycles. The molecule has 0 amide bonds. The Hall–Kier alpha value is -0.610. The summed E-state index contributed by atoms with van der Waals surface area (Å²) in [5.41, 5.74) is 0. The monoisotopic (exact) mass is 187 g/mol. The molecule has 0 aromatic heterocycles. The molecule has 0 spiro atoms. The van der Waals surface area contributed by atoms with Gasteiger partial charge in [0, 0.05) is 6.54 Å². The van der Waals surface area contributed by atoms with Gasteiger partial charge in [0.15, 0.2) is 6.10 Å². The largest absolute Gasteiger partial charge is 0.479 e. The van der Waals surface area contributed by atoms with Crippen LogP contribution in [0, 0.1) is 0 Å². The van der Waals surface area contributed by atoms with Crippen LogP contribution in [0.3, 0.4) is 0 Å². The molecule has 2 N–H and O–H groups in total. The van der Waals surface area contributed by atoms with Crippen LogP contribution in [0.4, 0.5) is 0 Å². The van der Waals surface area contributed by atoms with Crippen LogP contribution in [0.15, 0.2) is 0 Å². The second-order valence-electron chi connectivity index (χ2n) is 3.37. The zero-order chi connectivity index (χ0) is 9.68. The maximum absolute atomic E-state index is 10.7. The molecule has 1 heterocycles. The lowest BCUT2D eigenvalue weighted by atomic mass is 10.2. The smallest absolute Gasteiger partial charge is 0.332 e. The number of carboxylic acids is 1. The lowest BCUT2D eigenvalue weighted by molar-refractivity contribution is -0.154. The Kier molecular flexibility index (Phi) is 4.18. The van der Waals surface area contributed by atoms with Gasteiger partial charge in [-0.2, -0.15) is 0 Å². The van der Waals surface area contributed by atoms with Gasteiger partial charge in [-0.25, -0.2) is 4.79 Å². The maximum Gasteiger partial charge on any atom is 0.332 e. The third kappa shape index (κ3) is 3.32. The predicted molar refractivity (Wildman–Crippen MR) is 48.7 cm³/mol. The van der Waals surface area contributed by atoms with Crippen molar-refractivity contribution >= 4 is 5.97 Å². The molecule has 1 aliphatic rings. The minimum absolute atomic E-state index is 0.0904. The van der Waals surface area contributed by atoms with Crippen molar-refractivity contribution in [3.63, 3.8) is 0 Å². The summed E-state index contributed by atoms with van der Waals surface area (Å²) in [5.74, 6) is -0.839. The highest BCUT2D eigenvalue weighted by molar-refractivity contribution is 5.72. The standard InChI is InChI=1S/C9H17NO3/c1-2-3-8(9(11)12)13-7-4-5-10-6-7/h7-8,10H,2-6H2,1H3,(H,11,12). The van der Waals surface area contributed by atoms with Crippen LogP contribution in [-0.4, -0.2) is 36.4 Å². The van der Waals surface area contributed by atoms with Gasteiger partial charge in [-0.3, -0.25) is 0 Å². The van der Waals surface area contributed by atoms with E-state index in [0.29, 0.717) is 6.42 Å². The van der Waals surface area contributed by atoms with Gasteiger partial charge in [-0.15, -0.1) is 0 Å². The highest BCUT2D eigenvalue weighted by Gasteiger charge is 2.24. The van der Waals surface area contributed by atoms with Crippen molar-refractivity contribution in [2.75, 3.05) is 13.1 Å². The minimum Gasteiger partial charge on any atom is -0.479 e. The van der Waals surface area contributed by atoms with Crippen molar-refractivity contribution < 1.29 is 14.6 Å². The topological polar surface area (TPSA) is 58.6 Å². The number of rotatable bonds is 5. The van der Waals surface area contributed by atoms with Gasteiger partial charge >= 0.3 is 5.97 Å². The predicted octanol–water partition coefficient (Wildman–Crippen LogP) is 0.618. The molecular formula is C9H17NO3. The van der Waals surface area contributed by atoms with Gasteiger partial charge in [0.25, 0.3) is 0 Å². The van der Waals surface area contributed by atoms with E-state index in [0.717, 1.165) is 25.9 Å². The van der Waals surface area contributed by atoms with Crippen molar-refractivity contribution in [2.45, 2.75) is 38.4 Å². The summed E-state index contributed by atoms with van der Waals surface area (Å²) >= 11 is 0. The second-order valence-corrected chi connectivity index (χ2v) is 3.37. The fourth-order valence-electron chi connectivity index (χ4n) is 1.49. The average molecular weight is 187 g/mol. The molecular weight excluding hydrogens is 170 g/mol. The summed E-state index contributed by atoms with van der Waals surface area (Å²) in [6.45, 7) is 3.68. The Morgan fingerprint density at radius 1 is 1.77 bits per heavy atom. The normalized spacial score (nSPS) is 24.5. The molecule has 1 aliphatic heterocycles. The molecule has 0 radical (unpaired) electrons. The van der Waals surface area contributed by atoms with E-state index in [4.69, 9.17) is 9.84 Å². The zero-order valence-corrected chi connectivity index (χ0v) is 7.95. The zero-order valence-electron chi connectivity index (χ0n) is 7.95. The Bertz CT molecular complexity index is 166. The third-order valence-electron chi connectivity index (χ3n) is 2.20. The highest BCUT2D eigenvalue weighted by atomic mass is 16.5. The minimum atomic E-state index is -0.839. The summed E-state index contributed by atoms with van der Waals surface area (Å²) < 4.78 is 5.45. The van der Waals surface area contributed by atoms with Crippen LogP contribution in [0.25, 0.3) is 0 Å². The third-order valence-corrected chi connectivity index (χ3v) is 2.20. The van der Waals surface area contributed by atoms with Gasteiger partial charge in [-0.05, 0) is 19.4 Å². The first kappa shape index (κ1) is 10.5. The molecule has 1 rings (SSSR count). The first-order valence-corrected chi connectivity index (χ1v) is 4.83. The van der Waals surface area contributed by atoms with Crippen molar-refractivity contribution in [1.82, 2.24) is 5.32 Å². The Morgan fingerprint density at radius 2 is 2.54 bits per heavy atom. The quantitative estimate of drug-likeness (QED) is 0.662. The van der Waals surface area contributed by atoms with E-state index in [2.05, 4.69) is 5.32 Å². The molecule has 76 valence electrons. The van der Waals surface area contributed by atoms with Crippen molar-refractivity contribution in [1.29, 1.82) is 0 Å². The van der Waals surface area contributed by atoms with E-state index in [-0.39, 0.29) is 6.10 Å². The van der Waals surface area contributed by atoms with Gasteiger partial charge in [0.05, 0.1) is 6.10 Å². The fraction of sp³-hybridized carbons (Fsp3) is 0.889. The van der Waals surface area contributed by atoms with E-state index in [9.17, 15) is 4.79 Å². The molecule has 13 heavy (non-hydrogen) atoms. The Balaban J connectivity index is 2.32. The Labute approximate surface area is 78.3 Å². The van der Waals surface area contributed by atoms with Gasteiger partial charge in [0.1, 0.15) is 0 Å². The number of carbonyl (C=O) groups is 1. The number of nitrogens with one attached hydrogen (secondary N) is 1. The summed E-state index contributed by atoms with van der Waals surface area (Å²) in [7, 11) is 0. The number of hydrogen-bond acceptors (Lipinski definition) is 3. The van der Waals surface area contributed by atoms with Crippen LogP contribution in [-0.2, 0) is 9.53 Å². The van der Waals surface area contributed by atoms with Gasteiger partial charge < -0.3 is 15.2 Å². The maximum atomic E-state index is 10.7. The van der Waals surface area contributed by atoms with Crippen molar-refractivity contribution in [3.05, 3.63) is 0 Å². The van der Waals surface area contributed by atoms with Crippen LogP contribution < -0.4 is 5.32 Å². The summed E-state index contributed by atoms with van der Waals surface area (Å²) in [6, 6.07) is 0. The highest BCUT2D eigenvalue weighted by Crippen LogP contribution is 2.10. The molecule has 4 heteroatoms. The van der Waals surface area contributed by atoms with E-state index in [1.807, 2.05) is 6.92 Å². The molecule has 4 nitrogen and oxygen atoms in total. The average Bonchev–Trinajstić information content (AvgIpc) is 2.56. The molecule has 0 bridgehead atoms. The van der Waals surface area contributed by atoms with Crippen LogP contribution in [0.1, 0.15) is 26.2 Å². The number of aliphatic carboxylic acids is 1. The van der Waals surface area contributed by atoms with E-state index in [1.54, 1.807) is 0 Å². The summed E-state index contributed by atoms with van der Waals surface area (Å²) in [4.78, 5) is 10.7.